The molecule has 1 aliphatic heterocycles. The third-order valence-electron chi connectivity index (χ3n) is 3.94. The van der Waals surface area contributed by atoms with E-state index in [1.165, 1.54) is 5.56 Å². The van der Waals surface area contributed by atoms with Gasteiger partial charge in [0.1, 0.15) is 0 Å². The minimum Gasteiger partial charge on any atom is -0.389 e. The third-order valence-corrected chi connectivity index (χ3v) is 4.19. The molecule has 1 saturated heterocycles. The van der Waals surface area contributed by atoms with Crippen molar-refractivity contribution < 1.29 is 5.11 Å². The molecular weight excluding hydrogens is 286 g/mol. The second-order valence-corrected chi connectivity index (χ2v) is 6.86. The van der Waals surface area contributed by atoms with E-state index in [9.17, 15) is 5.11 Å². The average Bonchev–Trinajstić information content (AvgIpc) is 2.42. The van der Waals surface area contributed by atoms with E-state index in [-0.39, 0.29) is 6.04 Å². The molecule has 0 aliphatic carbocycles. The van der Waals surface area contributed by atoms with Gasteiger partial charge in [-0.3, -0.25) is 9.80 Å². The number of hydrogen-bond acceptors (Lipinski definition) is 4. The number of hydrogen-bond donors (Lipinski definition) is 2. The number of β-amino-alcohol motifs (C(OH)–C–C–N with tert-alkyl or cyclic N) is 1. The van der Waals surface area contributed by atoms with Crippen molar-refractivity contribution in [1.29, 1.82) is 0 Å². The highest BCUT2D eigenvalue weighted by Gasteiger charge is 2.26. The van der Waals surface area contributed by atoms with Crippen molar-refractivity contribution in [2.24, 2.45) is 5.73 Å². The first kappa shape index (κ1) is 16.7. The number of aliphatic hydroxyl groups is 1. The minimum absolute atomic E-state index is 0.242. The summed E-state index contributed by atoms with van der Waals surface area (Å²) in [5, 5.41) is 10.7. The molecule has 1 aromatic rings. The summed E-state index contributed by atoms with van der Waals surface area (Å²) < 4.78 is 0. The molecule has 4 nitrogen and oxygen atoms in total. The van der Waals surface area contributed by atoms with Gasteiger partial charge in [0.25, 0.3) is 0 Å². The van der Waals surface area contributed by atoms with E-state index >= 15 is 0 Å². The molecule has 21 heavy (non-hydrogen) atoms. The van der Waals surface area contributed by atoms with Crippen LogP contribution in [-0.2, 0) is 0 Å². The summed E-state index contributed by atoms with van der Waals surface area (Å²) in [6, 6.07) is 8.20. The van der Waals surface area contributed by atoms with Crippen molar-refractivity contribution in [3.05, 3.63) is 34.9 Å². The first-order valence-corrected chi connectivity index (χ1v) is 7.91. The molecule has 0 aromatic heterocycles. The van der Waals surface area contributed by atoms with E-state index in [2.05, 4.69) is 21.9 Å². The third kappa shape index (κ3) is 4.94. The van der Waals surface area contributed by atoms with E-state index in [1.54, 1.807) is 0 Å². The molecule has 0 spiro atoms. The Bertz CT molecular complexity index is 436. The van der Waals surface area contributed by atoms with Crippen LogP contribution in [-0.4, -0.2) is 59.8 Å². The topological polar surface area (TPSA) is 52.7 Å². The second-order valence-electron chi connectivity index (χ2n) is 6.43. The summed E-state index contributed by atoms with van der Waals surface area (Å²) in [6.45, 7) is 8.91. The van der Waals surface area contributed by atoms with Crippen LogP contribution in [0, 0.1) is 0 Å². The molecule has 1 aromatic carbocycles. The van der Waals surface area contributed by atoms with Crippen molar-refractivity contribution >= 4 is 11.6 Å². The molecule has 3 N–H and O–H groups in total. The molecule has 1 heterocycles. The van der Waals surface area contributed by atoms with E-state index in [1.807, 2.05) is 26.0 Å². The number of benzene rings is 1. The number of piperazine rings is 1. The minimum atomic E-state index is -0.633. The highest BCUT2D eigenvalue weighted by atomic mass is 35.5. The lowest BCUT2D eigenvalue weighted by Crippen LogP contribution is -2.52. The fourth-order valence-corrected chi connectivity index (χ4v) is 3.09. The number of rotatable bonds is 5. The Hall–Kier alpha value is -0.650. The maximum absolute atomic E-state index is 9.91. The Labute approximate surface area is 132 Å². The zero-order valence-corrected chi connectivity index (χ0v) is 13.7. The molecule has 1 aliphatic rings. The monoisotopic (exact) mass is 311 g/mol. The summed E-state index contributed by atoms with van der Waals surface area (Å²) >= 11 is 5.95. The quantitative estimate of drug-likeness (QED) is 0.869. The van der Waals surface area contributed by atoms with Crippen molar-refractivity contribution in [2.45, 2.75) is 25.5 Å². The smallest absolute Gasteiger partial charge is 0.0718 e. The lowest BCUT2D eigenvalue weighted by molar-refractivity contribution is 0.0113. The molecule has 0 radical (unpaired) electrons. The van der Waals surface area contributed by atoms with Crippen LogP contribution in [0.15, 0.2) is 24.3 Å². The van der Waals surface area contributed by atoms with E-state index in [0.717, 1.165) is 37.7 Å². The van der Waals surface area contributed by atoms with Gasteiger partial charge in [-0.1, -0.05) is 23.7 Å². The van der Waals surface area contributed by atoms with Gasteiger partial charge in [0.05, 0.1) is 5.60 Å². The number of nitrogens with zero attached hydrogens (tertiary/aromatic N) is 2. The van der Waals surface area contributed by atoms with Gasteiger partial charge in [-0.2, -0.15) is 0 Å². The van der Waals surface area contributed by atoms with E-state index in [4.69, 9.17) is 17.3 Å². The van der Waals surface area contributed by atoms with Gasteiger partial charge in [-0.05, 0) is 31.5 Å². The largest absolute Gasteiger partial charge is 0.389 e. The van der Waals surface area contributed by atoms with Gasteiger partial charge in [0.2, 0.25) is 0 Å². The highest BCUT2D eigenvalue weighted by Crippen LogP contribution is 2.23. The Morgan fingerprint density at radius 2 is 1.76 bits per heavy atom. The first-order valence-electron chi connectivity index (χ1n) is 7.53. The van der Waals surface area contributed by atoms with Gasteiger partial charge in [-0.15, -0.1) is 0 Å². The van der Waals surface area contributed by atoms with Crippen LogP contribution in [0.3, 0.4) is 0 Å². The average molecular weight is 312 g/mol. The summed E-state index contributed by atoms with van der Waals surface area (Å²) in [5.41, 5.74) is 6.57. The van der Waals surface area contributed by atoms with Crippen LogP contribution in [0.1, 0.15) is 25.5 Å². The fraction of sp³-hybridized carbons (Fsp3) is 0.625. The molecule has 0 bridgehead atoms. The zero-order valence-electron chi connectivity index (χ0n) is 12.9. The van der Waals surface area contributed by atoms with Crippen molar-refractivity contribution in [1.82, 2.24) is 9.80 Å². The van der Waals surface area contributed by atoms with Gasteiger partial charge in [0, 0.05) is 50.3 Å². The predicted molar refractivity (Wildman–Crippen MR) is 87.6 cm³/mol. The SMILES string of the molecule is CC(C)(O)CN1CCN(C(CN)c2ccc(Cl)cc2)CC1. The molecule has 0 saturated carbocycles. The van der Waals surface area contributed by atoms with Crippen LogP contribution in [0.4, 0.5) is 0 Å². The molecule has 1 fully saturated rings. The summed E-state index contributed by atoms with van der Waals surface area (Å²) in [4.78, 5) is 4.73. The van der Waals surface area contributed by atoms with Crippen LogP contribution in [0.5, 0.6) is 0 Å². The highest BCUT2D eigenvalue weighted by molar-refractivity contribution is 6.30. The number of nitrogens with two attached hydrogens (primary N) is 1. The lowest BCUT2D eigenvalue weighted by atomic mass is 10.0. The molecule has 0 amide bonds. The predicted octanol–water partition coefficient (Wildman–Crippen LogP) is 1.73. The van der Waals surface area contributed by atoms with E-state index < -0.39 is 5.60 Å². The zero-order chi connectivity index (χ0) is 15.5. The molecule has 118 valence electrons. The Morgan fingerprint density at radius 3 is 2.24 bits per heavy atom. The van der Waals surface area contributed by atoms with E-state index in [0.29, 0.717) is 6.54 Å². The van der Waals surface area contributed by atoms with Gasteiger partial charge in [0.15, 0.2) is 0 Å². The second kappa shape index (κ2) is 7.07. The standard InChI is InChI=1S/C16H26ClN3O/c1-16(2,21)12-19-7-9-20(10-8-19)15(11-18)13-3-5-14(17)6-4-13/h3-6,15,21H,7-12,18H2,1-2H3. The Morgan fingerprint density at radius 1 is 1.19 bits per heavy atom. The number of halogens is 1. The lowest BCUT2D eigenvalue weighted by Gasteiger charge is -2.40. The van der Waals surface area contributed by atoms with Crippen LogP contribution >= 0.6 is 11.6 Å². The molecular formula is C16H26ClN3O. The molecule has 2 rings (SSSR count). The summed E-state index contributed by atoms with van der Waals surface area (Å²) in [6.07, 6.45) is 0. The van der Waals surface area contributed by atoms with Gasteiger partial charge >= 0.3 is 0 Å². The first-order chi connectivity index (χ1) is 9.89. The van der Waals surface area contributed by atoms with Crippen LogP contribution in [0.25, 0.3) is 0 Å². The Balaban J connectivity index is 1.95. The molecule has 1 atom stereocenters. The summed E-state index contributed by atoms with van der Waals surface area (Å²) in [7, 11) is 0. The van der Waals surface area contributed by atoms with Crippen molar-refractivity contribution in [3.8, 4) is 0 Å². The molecule has 5 heteroatoms. The van der Waals surface area contributed by atoms with Gasteiger partial charge in [-0.25, -0.2) is 0 Å². The Kier molecular flexibility index (Phi) is 5.63. The van der Waals surface area contributed by atoms with Gasteiger partial charge < -0.3 is 10.8 Å². The maximum atomic E-state index is 9.91. The summed E-state index contributed by atoms with van der Waals surface area (Å²) in [5.74, 6) is 0. The normalized spacial score (nSPS) is 19.7. The van der Waals surface area contributed by atoms with Crippen LogP contribution < -0.4 is 5.73 Å². The molecule has 1 unspecified atom stereocenters. The van der Waals surface area contributed by atoms with Crippen molar-refractivity contribution in [3.63, 3.8) is 0 Å². The fourth-order valence-electron chi connectivity index (χ4n) is 2.96. The maximum Gasteiger partial charge on any atom is 0.0718 e. The van der Waals surface area contributed by atoms with Crippen LogP contribution in [0.2, 0.25) is 5.02 Å². The van der Waals surface area contributed by atoms with Crippen molar-refractivity contribution in [2.75, 3.05) is 39.3 Å².